The second-order valence-corrected chi connectivity index (χ2v) is 8.96. The Balaban J connectivity index is 2.35. The third-order valence-electron chi connectivity index (χ3n) is 4.17. The Labute approximate surface area is 179 Å². The van der Waals surface area contributed by atoms with Crippen molar-refractivity contribution in [2.24, 2.45) is 0 Å². The molecular formula is C20H24BIN2O4. The van der Waals surface area contributed by atoms with Crippen LogP contribution in [0.2, 0.25) is 0 Å². The Morgan fingerprint density at radius 1 is 1.07 bits per heavy atom. The summed E-state index contributed by atoms with van der Waals surface area (Å²) in [5.41, 5.74) is 4.75. The van der Waals surface area contributed by atoms with Gasteiger partial charge >= 0.3 is 7.12 Å². The third-order valence-corrected chi connectivity index (χ3v) is 4.79. The molecule has 0 bridgehead atoms. The number of hydrogen-bond acceptors (Lipinski definition) is 4. The molecule has 0 aromatic heterocycles. The summed E-state index contributed by atoms with van der Waals surface area (Å²) in [5, 5.41) is 19.9. The first-order valence-corrected chi connectivity index (χ1v) is 9.87. The van der Waals surface area contributed by atoms with Crippen molar-refractivity contribution in [3.8, 4) is 0 Å². The van der Waals surface area contributed by atoms with Crippen molar-refractivity contribution in [2.45, 2.75) is 40.2 Å². The zero-order valence-electron chi connectivity index (χ0n) is 16.6. The molecule has 0 spiro atoms. The highest BCUT2D eigenvalue weighted by atomic mass is 127. The van der Waals surface area contributed by atoms with Gasteiger partial charge in [-0.25, -0.2) is 5.01 Å². The topological polar surface area (TPSA) is 89.9 Å². The van der Waals surface area contributed by atoms with E-state index >= 15 is 0 Å². The van der Waals surface area contributed by atoms with E-state index in [4.69, 9.17) is 0 Å². The van der Waals surface area contributed by atoms with Crippen LogP contribution >= 0.6 is 22.6 Å². The monoisotopic (exact) mass is 494 g/mol. The second-order valence-electron chi connectivity index (χ2n) is 7.72. The number of benzene rings is 2. The lowest BCUT2D eigenvalue weighted by molar-refractivity contribution is 0.0358. The number of carbonyl (C=O) groups is 2. The molecule has 2 aromatic carbocycles. The zero-order chi connectivity index (χ0) is 21.2. The van der Waals surface area contributed by atoms with Gasteiger partial charge in [-0.1, -0.05) is 12.1 Å². The Morgan fingerprint density at radius 3 is 2.21 bits per heavy atom. The smallest absolute Gasteiger partial charge is 0.423 e. The molecule has 6 nitrogen and oxygen atoms in total. The molecular weight excluding hydrogens is 470 g/mol. The van der Waals surface area contributed by atoms with E-state index in [2.05, 4.69) is 28.0 Å². The van der Waals surface area contributed by atoms with E-state index in [0.717, 1.165) is 9.13 Å². The summed E-state index contributed by atoms with van der Waals surface area (Å²) < 4.78 is 0.940. The van der Waals surface area contributed by atoms with Crippen LogP contribution < -0.4 is 10.9 Å². The fourth-order valence-electron chi connectivity index (χ4n) is 2.78. The van der Waals surface area contributed by atoms with Crippen LogP contribution in [-0.2, 0) is 0 Å². The van der Waals surface area contributed by atoms with Gasteiger partial charge < -0.3 is 10.0 Å². The number of aryl methyl sites for hydroxylation is 2. The summed E-state index contributed by atoms with van der Waals surface area (Å²) in [4.78, 5) is 26.0. The molecule has 2 aromatic rings. The number of halogens is 1. The Morgan fingerprint density at radius 2 is 1.71 bits per heavy atom. The van der Waals surface area contributed by atoms with Crippen molar-refractivity contribution in [1.29, 1.82) is 0 Å². The minimum absolute atomic E-state index is 0.298. The van der Waals surface area contributed by atoms with Crippen LogP contribution in [-0.4, -0.2) is 39.5 Å². The molecule has 0 atom stereocenters. The molecule has 3 N–H and O–H groups in total. The van der Waals surface area contributed by atoms with Crippen molar-refractivity contribution in [2.75, 3.05) is 0 Å². The van der Waals surface area contributed by atoms with Gasteiger partial charge in [0, 0.05) is 14.7 Å². The number of hydrazine groups is 1. The molecule has 2 rings (SSSR count). The van der Waals surface area contributed by atoms with Gasteiger partial charge in [-0.2, -0.15) is 0 Å². The highest BCUT2D eigenvalue weighted by Crippen LogP contribution is 2.19. The van der Waals surface area contributed by atoms with Crippen molar-refractivity contribution in [1.82, 2.24) is 10.4 Å². The van der Waals surface area contributed by atoms with Gasteiger partial charge in [0.2, 0.25) is 0 Å². The van der Waals surface area contributed by atoms with E-state index in [1.54, 1.807) is 19.1 Å². The highest BCUT2D eigenvalue weighted by molar-refractivity contribution is 14.1. The van der Waals surface area contributed by atoms with Gasteiger partial charge in [-0.05, 0) is 98.1 Å². The molecule has 0 fully saturated rings. The van der Waals surface area contributed by atoms with Gasteiger partial charge in [0.25, 0.3) is 11.8 Å². The van der Waals surface area contributed by atoms with E-state index in [9.17, 15) is 19.6 Å². The van der Waals surface area contributed by atoms with Crippen molar-refractivity contribution in [3.63, 3.8) is 0 Å². The third kappa shape index (κ3) is 5.33. The minimum Gasteiger partial charge on any atom is -0.423 e. The highest BCUT2D eigenvalue weighted by Gasteiger charge is 2.30. The molecule has 0 unspecified atom stereocenters. The van der Waals surface area contributed by atoms with E-state index in [0.29, 0.717) is 22.2 Å². The van der Waals surface area contributed by atoms with Gasteiger partial charge in [0.05, 0.1) is 5.54 Å². The molecule has 0 radical (unpaired) electrons. The number of carbonyl (C=O) groups excluding carboxylic acids is 2. The first-order chi connectivity index (χ1) is 12.9. The molecule has 0 aliphatic rings. The van der Waals surface area contributed by atoms with Crippen LogP contribution in [0.4, 0.5) is 0 Å². The Bertz CT molecular complexity index is 889. The number of nitrogens with one attached hydrogen (secondary N) is 1. The van der Waals surface area contributed by atoms with Crippen LogP contribution in [0.5, 0.6) is 0 Å². The first-order valence-electron chi connectivity index (χ1n) is 8.79. The maximum atomic E-state index is 13.1. The van der Waals surface area contributed by atoms with E-state index in [1.165, 1.54) is 23.2 Å². The fraction of sp³-hybridized carbons (Fsp3) is 0.300. The predicted molar refractivity (Wildman–Crippen MR) is 118 cm³/mol. The number of rotatable bonds is 3. The molecule has 0 heterocycles. The van der Waals surface area contributed by atoms with Gasteiger partial charge in [0.1, 0.15) is 0 Å². The molecule has 148 valence electrons. The average Bonchev–Trinajstić information content (AvgIpc) is 2.56. The standard InChI is InChI=1S/C20H24BIN2O4/c1-12-8-14(11-16(22)9-12)19(26)24(20(3,4)5)23-18(25)17-7-6-15(21(27)28)10-13(17)2/h6-11,27-28H,1-5H3,(H,23,25). The van der Waals surface area contributed by atoms with Gasteiger partial charge in [-0.3, -0.25) is 15.0 Å². The van der Waals surface area contributed by atoms with Crippen LogP contribution in [0.1, 0.15) is 52.6 Å². The van der Waals surface area contributed by atoms with Gasteiger partial charge in [-0.15, -0.1) is 0 Å². The number of amides is 2. The summed E-state index contributed by atoms with van der Waals surface area (Å²) in [5.74, 6) is -0.746. The second kappa shape index (κ2) is 8.63. The Kier molecular flexibility index (Phi) is 6.90. The number of hydrogen-bond donors (Lipinski definition) is 3. The molecule has 8 heteroatoms. The molecule has 28 heavy (non-hydrogen) atoms. The molecule has 0 aliphatic carbocycles. The quantitative estimate of drug-likeness (QED) is 0.347. The van der Waals surface area contributed by atoms with Crippen LogP contribution in [0.15, 0.2) is 36.4 Å². The largest absolute Gasteiger partial charge is 0.488 e. The first kappa shape index (κ1) is 22.4. The van der Waals surface area contributed by atoms with Gasteiger partial charge in [0.15, 0.2) is 0 Å². The van der Waals surface area contributed by atoms with Crippen LogP contribution in [0.25, 0.3) is 0 Å². The SMILES string of the molecule is Cc1cc(I)cc(C(=O)N(NC(=O)c2ccc(B(O)O)cc2C)C(C)(C)C)c1. The molecule has 0 saturated carbocycles. The summed E-state index contributed by atoms with van der Waals surface area (Å²) in [6, 6.07) is 10.1. The van der Waals surface area contributed by atoms with Crippen molar-refractivity contribution in [3.05, 3.63) is 62.2 Å². The molecule has 0 saturated heterocycles. The summed E-state index contributed by atoms with van der Waals surface area (Å²) in [6.45, 7) is 9.13. The van der Waals surface area contributed by atoms with E-state index in [1.807, 2.05) is 33.8 Å². The summed E-state index contributed by atoms with van der Waals surface area (Å²) in [6.07, 6.45) is 0. The lowest BCUT2D eigenvalue weighted by Crippen LogP contribution is -2.56. The van der Waals surface area contributed by atoms with E-state index in [-0.39, 0.29) is 5.91 Å². The van der Waals surface area contributed by atoms with Crippen LogP contribution in [0.3, 0.4) is 0 Å². The average molecular weight is 494 g/mol. The fourth-order valence-corrected chi connectivity index (χ4v) is 3.60. The molecule has 2 amide bonds. The minimum atomic E-state index is -1.60. The Hall–Kier alpha value is -1.91. The van der Waals surface area contributed by atoms with Crippen molar-refractivity contribution >= 4 is 47.0 Å². The van der Waals surface area contributed by atoms with Crippen LogP contribution in [0, 0.1) is 17.4 Å². The normalized spacial score (nSPS) is 11.1. The lowest BCUT2D eigenvalue weighted by atomic mass is 9.79. The molecule has 0 aliphatic heterocycles. The lowest BCUT2D eigenvalue weighted by Gasteiger charge is -2.35. The zero-order valence-corrected chi connectivity index (χ0v) is 18.7. The maximum absolute atomic E-state index is 13.1. The van der Waals surface area contributed by atoms with E-state index < -0.39 is 18.6 Å². The maximum Gasteiger partial charge on any atom is 0.488 e. The van der Waals surface area contributed by atoms with Crippen molar-refractivity contribution < 1.29 is 19.6 Å². The summed E-state index contributed by atoms with van der Waals surface area (Å²) >= 11 is 2.16. The summed E-state index contributed by atoms with van der Waals surface area (Å²) in [7, 11) is -1.60. The number of nitrogens with zero attached hydrogens (tertiary/aromatic N) is 1. The predicted octanol–water partition coefficient (Wildman–Crippen LogP) is 2.17.